The van der Waals surface area contributed by atoms with E-state index in [0.29, 0.717) is 16.3 Å². The van der Waals surface area contributed by atoms with Crippen molar-refractivity contribution >= 4 is 28.2 Å². The summed E-state index contributed by atoms with van der Waals surface area (Å²) >= 11 is 1.21. The molecule has 140 valence electrons. The number of nitrogens with zero attached hydrogens (tertiary/aromatic N) is 2. The maximum Gasteiger partial charge on any atom is 0.344 e. The molecule has 0 fully saturated rings. The van der Waals surface area contributed by atoms with E-state index in [1.807, 2.05) is 12.1 Å². The molecule has 0 spiro atoms. The summed E-state index contributed by atoms with van der Waals surface area (Å²) in [5, 5.41) is 13.7. The number of esters is 1. The van der Waals surface area contributed by atoms with Crippen molar-refractivity contribution in [3.8, 4) is 17.7 Å². The van der Waals surface area contributed by atoms with Crippen molar-refractivity contribution < 1.29 is 19.1 Å². The van der Waals surface area contributed by atoms with Crippen molar-refractivity contribution in [3.63, 3.8) is 0 Å². The number of carbonyl (C=O) groups is 2. The molecular formula is C20H15N3O4S. The monoisotopic (exact) mass is 393 g/mol. The molecule has 0 aliphatic carbocycles. The topological polar surface area (TPSA) is 101 Å². The van der Waals surface area contributed by atoms with E-state index < -0.39 is 18.0 Å². The lowest BCUT2D eigenvalue weighted by atomic mass is 10.2. The van der Waals surface area contributed by atoms with Crippen LogP contribution in [-0.4, -0.2) is 23.0 Å². The second kappa shape index (κ2) is 8.79. The van der Waals surface area contributed by atoms with Gasteiger partial charge in [-0.15, -0.1) is 11.3 Å². The van der Waals surface area contributed by atoms with Crippen LogP contribution in [-0.2, 0) is 9.53 Å². The number of nitrogens with one attached hydrogen (secondary N) is 1. The van der Waals surface area contributed by atoms with Gasteiger partial charge in [-0.25, -0.2) is 9.78 Å². The maximum absolute atomic E-state index is 12.5. The van der Waals surface area contributed by atoms with Crippen LogP contribution < -0.4 is 10.1 Å². The van der Waals surface area contributed by atoms with E-state index in [9.17, 15) is 9.59 Å². The molecular weight excluding hydrogens is 378 g/mol. The van der Waals surface area contributed by atoms with Crippen molar-refractivity contribution in [2.75, 3.05) is 5.32 Å². The fraction of sp³-hybridized carbons (Fsp3) is 0.100. The van der Waals surface area contributed by atoms with Gasteiger partial charge in [-0.2, -0.15) is 5.26 Å². The van der Waals surface area contributed by atoms with Gasteiger partial charge in [0.2, 0.25) is 5.88 Å². The van der Waals surface area contributed by atoms with Crippen LogP contribution in [0.3, 0.4) is 0 Å². The first kappa shape index (κ1) is 19.1. The average Bonchev–Trinajstić information content (AvgIpc) is 3.16. The molecule has 0 aliphatic rings. The molecule has 3 aromatic rings. The van der Waals surface area contributed by atoms with Crippen molar-refractivity contribution in [3.05, 3.63) is 71.2 Å². The third kappa shape index (κ3) is 4.52. The highest BCUT2D eigenvalue weighted by Gasteiger charge is 2.23. The number of hydrogen-bond acceptors (Lipinski definition) is 7. The van der Waals surface area contributed by atoms with Crippen molar-refractivity contribution in [2.45, 2.75) is 13.0 Å². The minimum absolute atomic E-state index is 0.0799. The number of thiophene rings is 1. The van der Waals surface area contributed by atoms with Gasteiger partial charge in [0.15, 0.2) is 6.10 Å². The highest BCUT2D eigenvalue weighted by molar-refractivity contribution is 7.14. The zero-order valence-electron chi connectivity index (χ0n) is 14.8. The molecule has 0 saturated heterocycles. The summed E-state index contributed by atoms with van der Waals surface area (Å²) in [6.45, 7) is 1.45. The van der Waals surface area contributed by atoms with Gasteiger partial charge in [-0.1, -0.05) is 18.2 Å². The molecule has 3 rings (SSSR count). The number of nitriles is 1. The second-order valence-electron chi connectivity index (χ2n) is 5.58. The minimum atomic E-state index is -1.08. The highest BCUT2D eigenvalue weighted by atomic mass is 32.1. The lowest BCUT2D eigenvalue weighted by Crippen LogP contribution is -2.30. The first-order valence-electron chi connectivity index (χ1n) is 8.26. The van der Waals surface area contributed by atoms with Gasteiger partial charge in [0.25, 0.3) is 5.91 Å². The number of rotatable bonds is 6. The Morgan fingerprint density at radius 2 is 1.96 bits per heavy atom. The standard InChI is InChI=1S/C20H15N3O4S/c1-13(17(24)23-19-14(12-21)9-11-28-19)26-20(25)16-8-5-10-22-18(16)27-15-6-3-2-4-7-15/h2-11,13H,1H3,(H,23,24). The molecule has 0 bridgehead atoms. The number of anilines is 1. The number of para-hydroxylation sites is 1. The number of amides is 1. The Bertz CT molecular complexity index is 1030. The highest BCUT2D eigenvalue weighted by Crippen LogP contribution is 2.24. The molecule has 0 aliphatic heterocycles. The van der Waals surface area contributed by atoms with E-state index >= 15 is 0 Å². The van der Waals surface area contributed by atoms with Crippen LogP contribution in [0.1, 0.15) is 22.8 Å². The zero-order valence-corrected chi connectivity index (χ0v) is 15.6. The van der Waals surface area contributed by atoms with Gasteiger partial charge in [-0.05, 0) is 42.6 Å². The van der Waals surface area contributed by atoms with Gasteiger partial charge in [0.05, 0.1) is 5.56 Å². The second-order valence-corrected chi connectivity index (χ2v) is 6.50. The minimum Gasteiger partial charge on any atom is -0.449 e. The summed E-state index contributed by atoms with van der Waals surface area (Å²) in [7, 11) is 0. The summed E-state index contributed by atoms with van der Waals surface area (Å²) < 4.78 is 10.9. The Hall–Kier alpha value is -3.70. The first-order valence-corrected chi connectivity index (χ1v) is 9.14. The molecule has 1 atom stereocenters. The molecule has 1 amide bonds. The van der Waals surface area contributed by atoms with Gasteiger partial charge < -0.3 is 14.8 Å². The first-order chi connectivity index (χ1) is 13.6. The Morgan fingerprint density at radius 1 is 1.18 bits per heavy atom. The molecule has 7 nitrogen and oxygen atoms in total. The van der Waals surface area contributed by atoms with Gasteiger partial charge in [0, 0.05) is 6.20 Å². The van der Waals surface area contributed by atoms with E-state index in [2.05, 4.69) is 10.3 Å². The smallest absolute Gasteiger partial charge is 0.344 e. The molecule has 1 unspecified atom stereocenters. The molecule has 0 radical (unpaired) electrons. The summed E-state index contributed by atoms with van der Waals surface area (Å²) in [5.41, 5.74) is 0.447. The normalized spacial score (nSPS) is 11.1. The predicted molar refractivity (Wildman–Crippen MR) is 103 cm³/mol. The number of pyridine rings is 1. The average molecular weight is 393 g/mol. The van der Waals surface area contributed by atoms with E-state index in [0.717, 1.165) is 0 Å². The molecule has 0 saturated carbocycles. The van der Waals surface area contributed by atoms with Crippen molar-refractivity contribution in [1.82, 2.24) is 4.98 Å². The third-order valence-corrected chi connectivity index (χ3v) is 4.45. The SMILES string of the molecule is CC(OC(=O)c1cccnc1Oc1ccccc1)C(=O)Nc1sccc1C#N. The van der Waals surface area contributed by atoms with Crippen LogP contribution >= 0.6 is 11.3 Å². The van der Waals surface area contributed by atoms with E-state index in [-0.39, 0.29) is 11.4 Å². The Labute approximate surface area is 165 Å². The third-order valence-electron chi connectivity index (χ3n) is 3.62. The Morgan fingerprint density at radius 3 is 2.71 bits per heavy atom. The summed E-state index contributed by atoms with van der Waals surface area (Å²) in [6.07, 6.45) is 0.414. The number of ether oxygens (including phenoxy) is 2. The molecule has 8 heteroatoms. The van der Waals surface area contributed by atoms with Crippen LogP contribution in [0.5, 0.6) is 11.6 Å². The lowest BCUT2D eigenvalue weighted by Gasteiger charge is -2.14. The largest absolute Gasteiger partial charge is 0.449 e. The number of carbonyl (C=O) groups excluding carboxylic acids is 2. The predicted octanol–water partition coefficient (Wildman–Crippen LogP) is 3.99. The van der Waals surface area contributed by atoms with E-state index in [4.69, 9.17) is 14.7 Å². The lowest BCUT2D eigenvalue weighted by molar-refractivity contribution is -0.123. The quantitative estimate of drug-likeness (QED) is 0.636. The molecule has 1 N–H and O–H groups in total. The zero-order chi connectivity index (χ0) is 19.9. The fourth-order valence-corrected chi connectivity index (χ4v) is 2.95. The fourth-order valence-electron chi connectivity index (χ4n) is 2.21. The molecule has 2 heterocycles. The number of aromatic nitrogens is 1. The van der Waals surface area contributed by atoms with Gasteiger partial charge in [0.1, 0.15) is 22.4 Å². The Balaban J connectivity index is 1.69. The van der Waals surface area contributed by atoms with Crippen LogP contribution in [0, 0.1) is 11.3 Å². The Kier molecular flexibility index (Phi) is 5.99. The molecule has 1 aromatic carbocycles. The number of hydrogen-bond donors (Lipinski definition) is 1. The maximum atomic E-state index is 12.5. The molecule has 2 aromatic heterocycles. The summed E-state index contributed by atoms with van der Waals surface area (Å²) in [6, 6.07) is 15.5. The molecule has 28 heavy (non-hydrogen) atoms. The number of benzene rings is 1. The van der Waals surface area contributed by atoms with Crippen LogP contribution in [0.25, 0.3) is 0 Å². The van der Waals surface area contributed by atoms with Gasteiger partial charge >= 0.3 is 5.97 Å². The van der Waals surface area contributed by atoms with E-state index in [1.165, 1.54) is 30.5 Å². The van der Waals surface area contributed by atoms with Crippen molar-refractivity contribution in [2.24, 2.45) is 0 Å². The van der Waals surface area contributed by atoms with E-state index in [1.54, 1.807) is 41.8 Å². The summed E-state index contributed by atoms with van der Waals surface area (Å²) in [4.78, 5) is 28.9. The van der Waals surface area contributed by atoms with Crippen LogP contribution in [0.4, 0.5) is 5.00 Å². The van der Waals surface area contributed by atoms with Crippen LogP contribution in [0.2, 0.25) is 0 Å². The summed E-state index contributed by atoms with van der Waals surface area (Å²) in [5.74, 6) is -0.686. The van der Waals surface area contributed by atoms with Gasteiger partial charge in [-0.3, -0.25) is 4.79 Å². The van der Waals surface area contributed by atoms with Crippen LogP contribution in [0.15, 0.2) is 60.1 Å². The van der Waals surface area contributed by atoms with Crippen molar-refractivity contribution in [1.29, 1.82) is 5.26 Å².